The molecule has 0 aliphatic heterocycles. The Hall–Kier alpha value is -2.36. The van der Waals surface area contributed by atoms with Gasteiger partial charge in [-0.1, -0.05) is 30.3 Å². The second-order valence-corrected chi connectivity index (χ2v) is 5.47. The van der Waals surface area contributed by atoms with E-state index in [0.717, 1.165) is 42.4 Å². The Bertz CT molecular complexity index is 761. The lowest BCUT2D eigenvalue weighted by Crippen LogP contribution is -2.29. The standard InChI is InChI=1S/C17H18N2O2/c1-19-16(20)13-10-6-5-9-12(13)14(17(19)21)15(18)11-7-3-2-4-8-11/h2-4,7-8,18,20H,5-6,9-10H2,1H3. The van der Waals surface area contributed by atoms with Crippen molar-refractivity contribution in [2.45, 2.75) is 25.7 Å². The van der Waals surface area contributed by atoms with Crippen LogP contribution in [0.1, 0.15) is 35.1 Å². The number of rotatable bonds is 2. The van der Waals surface area contributed by atoms with Crippen molar-refractivity contribution in [2.24, 2.45) is 7.05 Å². The summed E-state index contributed by atoms with van der Waals surface area (Å²) in [6, 6.07) is 9.29. The molecule has 1 aromatic heterocycles. The number of aromatic nitrogens is 1. The molecule has 0 amide bonds. The summed E-state index contributed by atoms with van der Waals surface area (Å²) in [5, 5.41) is 18.6. The van der Waals surface area contributed by atoms with Crippen molar-refractivity contribution in [3.8, 4) is 5.88 Å². The first-order valence-corrected chi connectivity index (χ1v) is 7.19. The topological polar surface area (TPSA) is 66.1 Å². The first-order chi connectivity index (χ1) is 10.1. The fourth-order valence-corrected chi connectivity index (χ4v) is 3.03. The minimum Gasteiger partial charge on any atom is -0.494 e. The maximum absolute atomic E-state index is 12.5. The summed E-state index contributed by atoms with van der Waals surface area (Å²) in [5.74, 6) is 0.0549. The van der Waals surface area contributed by atoms with E-state index in [1.807, 2.05) is 30.3 Å². The van der Waals surface area contributed by atoms with E-state index in [1.54, 1.807) is 7.05 Å². The maximum Gasteiger partial charge on any atom is 0.262 e. The smallest absolute Gasteiger partial charge is 0.262 e. The molecule has 0 saturated carbocycles. The summed E-state index contributed by atoms with van der Waals surface area (Å²) in [6.45, 7) is 0. The van der Waals surface area contributed by atoms with E-state index in [1.165, 1.54) is 4.57 Å². The fourth-order valence-electron chi connectivity index (χ4n) is 3.03. The van der Waals surface area contributed by atoms with Gasteiger partial charge in [-0.3, -0.25) is 14.8 Å². The zero-order chi connectivity index (χ0) is 15.0. The van der Waals surface area contributed by atoms with Crippen molar-refractivity contribution in [1.82, 2.24) is 4.57 Å². The first kappa shape index (κ1) is 13.6. The van der Waals surface area contributed by atoms with Gasteiger partial charge in [-0.2, -0.15) is 0 Å². The van der Waals surface area contributed by atoms with Crippen molar-refractivity contribution < 1.29 is 5.11 Å². The van der Waals surface area contributed by atoms with Gasteiger partial charge in [0.1, 0.15) is 0 Å². The van der Waals surface area contributed by atoms with Gasteiger partial charge in [0.25, 0.3) is 5.56 Å². The molecule has 0 atom stereocenters. The van der Waals surface area contributed by atoms with Crippen LogP contribution in [0, 0.1) is 5.41 Å². The van der Waals surface area contributed by atoms with E-state index in [-0.39, 0.29) is 17.2 Å². The number of pyridine rings is 1. The van der Waals surface area contributed by atoms with Crippen LogP contribution in [-0.4, -0.2) is 15.4 Å². The molecule has 4 nitrogen and oxygen atoms in total. The van der Waals surface area contributed by atoms with Crippen LogP contribution < -0.4 is 5.56 Å². The molecule has 21 heavy (non-hydrogen) atoms. The molecule has 1 aliphatic rings. The lowest BCUT2D eigenvalue weighted by molar-refractivity contribution is 0.410. The Labute approximate surface area is 123 Å². The minimum atomic E-state index is -0.290. The number of hydrogen-bond donors (Lipinski definition) is 2. The number of nitrogens with one attached hydrogen (secondary N) is 1. The van der Waals surface area contributed by atoms with Crippen LogP contribution in [0.15, 0.2) is 35.1 Å². The van der Waals surface area contributed by atoms with E-state index in [4.69, 9.17) is 5.41 Å². The van der Waals surface area contributed by atoms with Gasteiger partial charge >= 0.3 is 0 Å². The number of fused-ring (bicyclic) bond motifs is 1. The second kappa shape index (κ2) is 5.20. The van der Waals surface area contributed by atoms with Crippen LogP contribution in [0.25, 0.3) is 0 Å². The summed E-state index contributed by atoms with van der Waals surface area (Å²) in [6.07, 6.45) is 3.53. The molecule has 0 bridgehead atoms. The number of aromatic hydroxyl groups is 1. The Morgan fingerprint density at radius 1 is 1.14 bits per heavy atom. The third-order valence-electron chi connectivity index (χ3n) is 4.19. The summed E-state index contributed by atoms with van der Waals surface area (Å²) >= 11 is 0. The van der Waals surface area contributed by atoms with Gasteiger partial charge in [0.05, 0.1) is 11.3 Å². The lowest BCUT2D eigenvalue weighted by atomic mass is 9.86. The molecule has 4 heteroatoms. The predicted octanol–water partition coefficient (Wildman–Crippen LogP) is 2.39. The molecule has 0 radical (unpaired) electrons. The van der Waals surface area contributed by atoms with Crippen LogP contribution in [0.4, 0.5) is 0 Å². The Morgan fingerprint density at radius 2 is 1.76 bits per heavy atom. The first-order valence-electron chi connectivity index (χ1n) is 7.19. The number of nitrogens with zero attached hydrogens (tertiary/aromatic N) is 1. The van der Waals surface area contributed by atoms with Gasteiger partial charge in [0.15, 0.2) is 5.88 Å². The Kier molecular flexibility index (Phi) is 3.37. The SMILES string of the molecule is Cn1c(O)c2c(c(C(=N)c3ccccc3)c1=O)CCCC2. The average molecular weight is 282 g/mol. The van der Waals surface area contributed by atoms with E-state index in [9.17, 15) is 9.90 Å². The van der Waals surface area contributed by atoms with Gasteiger partial charge in [-0.05, 0) is 31.2 Å². The Balaban J connectivity index is 2.26. The molecule has 3 rings (SSSR count). The highest BCUT2D eigenvalue weighted by Crippen LogP contribution is 2.30. The van der Waals surface area contributed by atoms with Gasteiger partial charge in [0, 0.05) is 18.2 Å². The largest absolute Gasteiger partial charge is 0.494 e. The molecule has 2 aromatic rings. The molecule has 0 spiro atoms. The van der Waals surface area contributed by atoms with E-state index < -0.39 is 0 Å². The zero-order valence-electron chi connectivity index (χ0n) is 12.0. The summed E-state index contributed by atoms with van der Waals surface area (Å²) in [4.78, 5) is 12.5. The van der Waals surface area contributed by atoms with E-state index in [0.29, 0.717) is 5.56 Å². The molecule has 1 aromatic carbocycles. The minimum absolute atomic E-state index is 0.0549. The van der Waals surface area contributed by atoms with Crippen molar-refractivity contribution in [3.05, 3.63) is 62.9 Å². The van der Waals surface area contributed by atoms with E-state index >= 15 is 0 Å². The van der Waals surface area contributed by atoms with Crippen molar-refractivity contribution in [3.63, 3.8) is 0 Å². The monoisotopic (exact) mass is 282 g/mol. The summed E-state index contributed by atoms with van der Waals surface area (Å²) in [5.41, 5.74) is 2.82. The van der Waals surface area contributed by atoms with Crippen LogP contribution in [-0.2, 0) is 19.9 Å². The zero-order valence-corrected chi connectivity index (χ0v) is 12.0. The van der Waals surface area contributed by atoms with Crippen molar-refractivity contribution in [1.29, 1.82) is 5.41 Å². The van der Waals surface area contributed by atoms with Crippen LogP contribution in [0.3, 0.4) is 0 Å². The molecule has 0 saturated heterocycles. The third kappa shape index (κ3) is 2.17. The van der Waals surface area contributed by atoms with Crippen LogP contribution >= 0.6 is 0 Å². The molecule has 1 aliphatic carbocycles. The maximum atomic E-state index is 12.5. The molecule has 2 N–H and O–H groups in total. The van der Waals surface area contributed by atoms with Gasteiger partial charge < -0.3 is 5.11 Å². The summed E-state index contributed by atoms with van der Waals surface area (Å²) < 4.78 is 1.26. The van der Waals surface area contributed by atoms with Crippen LogP contribution in [0.5, 0.6) is 5.88 Å². The third-order valence-corrected chi connectivity index (χ3v) is 4.19. The number of benzene rings is 1. The lowest BCUT2D eigenvalue weighted by Gasteiger charge is -2.22. The highest BCUT2D eigenvalue weighted by molar-refractivity contribution is 6.11. The molecule has 0 fully saturated rings. The average Bonchev–Trinajstić information content (AvgIpc) is 2.53. The fraction of sp³-hybridized carbons (Fsp3) is 0.294. The van der Waals surface area contributed by atoms with Gasteiger partial charge in [-0.15, -0.1) is 0 Å². The Morgan fingerprint density at radius 3 is 2.43 bits per heavy atom. The van der Waals surface area contributed by atoms with Crippen molar-refractivity contribution >= 4 is 5.71 Å². The normalized spacial score (nSPS) is 13.8. The molecular formula is C17H18N2O2. The summed E-state index contributed by atoms with van der Waals surface area (Å²) in [7, 11) is 1.56. The molecular weight excluding hydrogens is 264 g/mol. The van der Waals surface area contributed by atoms with Crippen molar-refractivity contribution in [2.75, 3.05) is 0 Å². The molecule has 1 heterocycles. The van der Waals surface area contributed by atoms with Gasteiger partial charge in [-0.25, -0.2) is 0 Å². The quantitative estimate of drug-likeness (QED) is 0.831. The highest BCUT2D eigenvalue weighted by Gasteiger charge is 2.24. The molecule has 0 unspecified atom stereocenters. The molecule has 108 valence electrons. The van der Waals surface area contributed by atoms with Gasteiger partial charge in [0.2, 0.25) is 0 Å². The van der Waals surface area contributed by atoms with Crippen LogP contribution in [0.2, 0.25) is 0 Å². The number of hydrogen-bond acceptors (Lipinski definition) is 3. The highest BCUT2D eigenvalue weighted by atomic mass is 16.3. The predicted molar refractivity (Wildman–Crippen MR) is 82.4 cm³/mol. The second-order valence-electron chi connectivity index (χ2n) is 5.47. The van der Waals surface area contributed by atoms with E-state index in [2.05, 4.69) is 0 Å².